The lowest BCUT2D eigenvalue weighted by Crippen LogP contribution is -2.46. The molecule has 0 fully saturated rings. The summed E-state index contributed by atoms with van der Waals surface area (Å²) in [7, 11) is 1.38. The van der Waals surface area contributed by atoms with Gasteiger partial charge in [0.15, 0.2) is 17.2 Å². The van der Waals surface area contributed by atoms with Crippen LogP contribution in [0.25, 0.3) is 0 Å². The third-order valence-electron chi connectivity index (χ3n) is 3.65. The van der Waals surface area contributed by atoms with Crippen molar-refractivity contribution in [1.82, 2.24) is 0 Å². The van der Waals surface area contributed by atoms with Crippen molar-refractivity contribution >= 4 is 11.6 Å². The minimum absolute atomic E-state index is 0.124. The Kier molecular flexibility index (Phi) is 4.20. The Morgan fingerprint density at radius 1 is 1.53 bits per heavy atom. The first-order valence-corrected chi connectivity index (χ1v) is 6.26. The molecule has 1 aliphatic carbocycles. The number of rotatable bonds is 4. The first kappa shape index (κ1) is 15.4. The molecule has 0 amide bonds. The highest BCUT2D eigenvalue weighted by molar-refractivity contribution is 6.12. The first-order chi connectivity index (χ1) is 8.69. The maximum atomic E-state index is 12.4. The number of hydrogen-bond donors (Lipinski definition) is 2. The van der Waals surface area contributed by atoms with Crippen LogP contribution in [0.1, 0.15) is 34.1 Å². The zero-order chi connectivity index (χ0) is 15.0. The second-order valence-corrected chi connectivity index (χ2v) is 5.02. The van der Waals surface area contributed by atoms with E-state index < -0.39 is 11.4 Å². The van der Waals surface area contributed by atoms with E-state index in [1.807, 2.05) is 6.92 Å². The van der Waals surface area contributed by atoms with Gasteiger partial charge >= 0.3 is 0 Å². The van der Waals surface area contributed by atoms with Crippen molar-refractivity contribution in [3.05, 3.63) is 22.6 Å². The van der Waals surface area contributed by atoms with Gasteiger partial charge in [-0.2, -0.15) is 0 Å². The van der Waals surface area contributed by atoms with Gasteiger partial charge in [-0.1, -0.05) is 13.8 Å². The second-order valence-electron chi connectivity index (χ2n) is 5.02. The van der Waals surface area contributed by atoms with Crippen LogP contribution < -0.4 is 5.73 Å². The van der Waals surface area contributed by atoms with E-state index in [0.717, 1.165) is 0 Å². The third-order valence-corrected chi connectivity index (χ3v) is 3.65. The van der Waals surface area contributed by atoms with E-state index in [1.54, 1.807) is 6.92 Å². The molecule has 3 N–H and O–H groups in total. The normalized spacial score (nSPS) is 25.7. The van der Waals surface area contributed by atoms with Crippen molar-refractivity contribution in [2.45, 2.75) is 39.7 Å². The van der Waals surface area contributed by atoms with E-state index >= 15 is 0 Å². The van der Waals surface area contributed by atoms with Crippen LogP contribution >= 0.6 is 0 Å². The van der Waals surface area contributed by atoms with Gasteiger partial charge < -0.3 is 15.6 Å². The molecule has 19 heavy (non-hydrogen) atoms. The SMILES string of the molecule is CCC(C)C(=O)C1=C(N)C(C)(O)C(=O)C(C)=C1OC. The van der Waals surface area contributed by atoms with Crippen molar-refractivity contribution in [2.75, 3.05) is 7.11 Å². The summed E-state index contributed by atoms with van der Waals surface area (Å²) < 4.78 is 5.15. The molecule has 1 aliphatic rings. The van der Waals surface area contributed by atoms with E-state index in [2.05, 4.69) is 0 Å². The van der Waals surface area contributed by atoms with Crippen LogP contribution in [-0.4, -0.2) is 29.4 Å². The summed E-state index contributed by atoms with van der Waals surface area (Å²) in [5.41, 5.74) is 4.19. The lowest BCUT2D eigenvalue weighted by Gasteiger charge is -2.31. The van der Waals surface area contributed by atoms with Crippen LogP contribution in [0.2, 0.25) is 0 Å². The molecule has 0 aromatic heterocycles. The predicted molar refractivity (Wildman–Crippen MR) is 71.0 cm³/mol. The van der Waals surface area contributed by atoms with Gasteiger partial charge in [0.1, 0.15) is 5.76 Å². The Labute approximate surface area is 113 Å². The average Bonchev–Trinajstić information content (AvgIpc) is 2.39. The van der Waals surface area contributed by atoms with Crippen molar-refractivity contribution < 1.29 is 19.4 Å². The van der Waals surface area contributed by atoms with Crippen LogP contribution in [0.4, 0.5) is 0 Å². The minimum atomic E-state index is -1.86. The summed E-state index contributed by atoms with van der Waals surface area (Å²) >= 11 is 0. The highest BCUT2D eigenvalue weighted by Crippen LogP contribution is 2.34. The molecule has 2 atom stereocenters. The number of ether oxygens (including phenoxy) is 1. The topological polar surface area (TPSA) is 89.6 Å². The van der Waals surface area contributed by atoms with Gasteiger partial charge in [-0.3, -0.25) is 9.59 Å². The van der Waals surface area contributed by atoms with Gasteiger partial charge in [0.05, 0.1) is 18.4 Å². The van der Waals surface area contributed by atoms with Crippen molar-refractivity contribution in [3.8, 4) is 0 Å². The fourth-order valence-electron chi connectivity index (χ4n) is 2.08. The number of nitrogens with two attached hydrogens (primary N) is 1. The molecule has 0 heterocycles. The zero-order valence-corrected chi connectivity index (χ0v) is 12.0. The standard InChI is InChI=1S/C14H21NO4/c1-6-7(2)10(16)9-11(19-5)8(3)13(17)14(4,18)12(9)15/h7,18H,6,15H2,1-5H3. The van der Waals surface area contributed by atoms with Gasteiger partial charge in [0.2, 0.25) is 0 Å². The van der Waals surface area contributed by atoms with E-state index in [1.165, 1.54) is 21.0 Å². The molecule has 0 saturated heterocycles. The molecular formula is C14H21NO4. The van der Waals surface area contributed by atoms with Crippen molar-refractivity contribution in [2.24, 2.45) is 11.7 Å². The minimum Gasteiger partial charge on any atom is -0.496 e. The Hall–Kier alpha value is -1.62. The number of allylic oxidation sites excluding steroid dienone is 1. The Morgan fingerprint density at radius 3 is 2.47 bits per heavy atom. The van der Waals surface area contributed by atoms with Gasteiger partial charge in [-0.05, 0) is 20.3 Å². The van der Waals surface area contributed by atoms with Crippen LogP contribution in [0.3, 0.4) is 0 Å². The number of aliphatic hydroxyl groups is 1. The molecule has 0 radical (unpaired) electrons. The largest absolute Gasteiger partial charge is 0.496 e. The summed E-state index contributed by atoms with van der Waals surface area (Å²) in [6.45, 7) is 6.47. The second kappa shape index (κ2) is 5.17. The number of ketones is 2. The average molecular weight is 267 g/mol. The van der Waals surface area contributed by atoms with E-state index in [4.69, 9.17) is 10.5 Å². The van der Waals surface area contributed by atoms with Crippen molar-refractivity contribution in [1.29, 1.82) is 0 Å². The molecule has 5 nitrogen and oxygen atoms in total. The van der Waals surface area contributed by atoms with E-state index in [9.17, 15) is 14.7 Å². The highest BCUT2D eigenvalue weighted by atomic mass is 16.5. The maximum absolute atomic E-state index is 12.4. The molecule has 0 saturated carbocycles. The van der Waals surface area contributed by atoms with Crippen LogP contribution in [-0.2, 0) is 14.3 Å². The van der Waals surface area contributed by atoms with Crippen LogP contribution in [0, 0.1) is 5.92 Å². The molecule has 0 bridgehead atoms. The molecule has 1 rings (SSSR count). The summed E-state index contributed by atoms with van der Waals surface area (Å²) in [5.74, 6) is -0.846. The summed E-state index contributed by atoms with van der Waals surface area (Å²) in [6.07, 6.45) is 0.641. The number of carbonyl (C=O) groups is 2. The van der Waals surface area contributed by atoms with Crippen LogP contribution in [0.15, 0.2) is 22.6 Å². The fourth-order valence-corrected chi connectivity index (χ4v) is 2.08. The smallest absolute Gasteiger partial charge is 0.199 e. The molecule has 0 spiro atoms. The van der Waals surface area contributed by atoms with Crippen LogP contribution in [0.5, 0.6) is 0 Å². The van der Waals surface area contributed by atoms with Gasteiger partial charge in [0, 0.05) is 11.5 Å². The first-order valence-electron chi connectivity index (χ1n) is 6.26. The summed E-state index contributed by atoms with van der Waals surface area (Å²) in [6, 6.07) is 0. The van der Waals surface area contributed by atoms with Gasteiger partial charge in [-0.25, -0.2) is 0 Å². The molecule has 5 heteroatoms. The molecule has 0 aromatic carbocycles. The van der Waals surface area contributed by atoms with Crippen molar-refractivity contribution in [3.63, 3.8) is 0 Å². The quantitative estimate of drug-likeness (QED) is 0.795. The number of hydrogen-bond acceptors (Lipinski definition) is 5. The summed E-state index contributed by atoms with van der Waals surface area (Å²) in [5, 5.41) is 10.2. The zero-order valence-electron chi connectivity index (χ0n) is 12.0. The Balaban J connectivity index is 3.51. The Bertz CT molecular complexity index is 486. The lowest BCUT2D eigenvalue weighted by molar-refractivity contribution is -0.129. The van der Waals surface area contributed by atoms with Gasteiger partial charge in [-0.15, -0.1) is 0 Å². The monoisotopic (exact) mass is 267 g/mol. The summed E-state index contributed by atoms with van der Waals surface area (Å²) in [4.78, 5) is 24.4. The van der Waals surface area contributed by atoms with E-state index in [0.29, 0.717) is 6.42 Å². The molecule has 0 aliphatic heterocycles. The highest BCUT2D eigenvalue weighted by Gasteiger charge is 2.44. The molecule has 2 unspecified atom stereocenters. The van der Waals surface area contributed by atoms with E-state index in [-0.39, 0.29) is 34.3 Å². The number of carbonyl (C=O) groups excluding carboxylic acids is 2. The lowest BCUT2D eigenvalue weighted by atomic mass is 9.79. The third kappa shape index (κ3) is 2.30. The van der Waals surface area contributed by atoms with Gasteiger partial charge in [0.25, 0.3) is 0 Å². The number of Topliss-reactive ketones (excluding diaryl/α,β-unsaturated/α-hetero) is 2. The maximum Gasteiger partial charge on any atom is 0.199 e. The number of methoxy groups -OCH3 is 1. The molecule has 0 aromatic rings. The molecular weight excluding hydrogens is 246 g/mol. The molecule has 106 valence electrons. The Morgan fingerprint density at radius 2 is 2.05 bits per heavy atom. The fraction of sp³-hybridized carbons (Fsp3) is 0.571. The predicted octanol–water partition coefficient (Wildman–Crippen LogP) is 1.07.